The molecule has 0 saturated heterocycles. The number of carbonyl (C=O) groups is 2. The maximum absolute atomic E-state index is 12.7. The SMILES string of the molecule is CCCCCC(=O)Nc1ccc(C(=O)CSc2nc3sc(C)c(C)c3c(=O)n2C)cc1. The van der Waals surface area contributed by atoms with Crippen molar-refractivity contribution in [1.29, 1.82) is 0 Å². The zero-order valence-electron chi connectivity index (χ0n) is 18.3. The number of aromatic nitrogens is 2. The number of nitrogens with one attached hydrogen (secondary N) is 1. The van der Waals surface area contributed by atoms with E-state index in [4.69, 9.17) is 0 Å². The van der Waals surface area contributed by atoms with Crippen LogP contribution >= 0.6 is 23.1 Å². The van der Waals surface area contributed by atoms with E-state index in [1.165, 1.54) is 27.7 Å². The van der Waals surface area contributed by atoms with Crippen molar-refractivity contribution in [3.8, 4) is 0 Å². The smallest absolute Gasteiger partial charge is 0.262 e. The second-order valence-corrected chi connectivity index (χ2v) is 9.66. The lowest BCUT2D eigenvalue weighted by molar-refractivity contribution is -0.116. The Morgan fingerprint density at radius 1 is 1.16 bits per heavy atom. The Kier molecular flexibility index (Phi) is 7.67. The highest BCUT2D eigenvalue weighted by atomic mass is 32.2. The Balaban J connectivity index is 1.64. The molecule has 1 amide bonds. The van der Waals surface area contributed by atoms with Crippen molar-refractivity contribution in [2.24, 2.45) is 7.05 Å². The molecular formula is C23H27N3O3S2. The molecule has 0 saturated carbocycles. The van der Waals surface area contributed by atoms with Crippen LogP contribution in [0.5, 0.6) is 0 Å². The first-order valence-electron chi connectivity index (χ1n) is 10.3. The molecule has 0 spiro atoms. The van der Waals surface area contributed by atoms with Gasteiger partial charge in [0.1, 0.15) is 4.83 Å². The first kappa shape index (κ1) is 23.2. The Bertz CT molecular complexity index is 1160. The highest BCUT2D eigenvalue weighted by molar-refractivity contribution is 7.99. The van der Waals surface area contributed by atoms with E-state index in [1.807, 2.05) is 13.8 Å². The number of ketones is 1. The largest absolute Gasteiger partial charge is 0.326 e. The molecule has 8 heteroatoms. The van der Waals surface area contributed by atoms with Gasteiger partial charge < -0.3 is 5.32 Å². The van der Waals surface area contributed by atoms with Gasteiger partial charge in [-0.15, -0.1) is 11.3 Å². The minimum absolute atomic E-state index is 0.00971. The van der Waals surface area contributed by atoms with Crippen molar-refractivity contribution in [2.45, 2.75) is 51.6 Å². The minimum Gasteiger partial charge on any atom is -0.326 e. The van der Waals surface area contributed by atoms with Gasteiger partial charge in [-0.25, -0.2) is 4.98 Å². The van der Waals surface area contributed by atoms with E-state index in [1.54, 1.807) is 31.3 Å². The summed E-state index contributed by atoms with van der Waals surface area (Å²) in [6.07, 6.45) is 3.50. The molecule has 3 aromatic rings. The van der Waals surface area contributed by atoms with Gasteiger partial charge in [-0.05, 0) is 50.1 Å². The van der Waals surface area contributed by atoms with Crippen molar-refractivity contribution in [1.82, 2.24) is 9.55 Å². The maximum Gasteiger partial charge on any atom is 0.262 e. The van der Waals surface area contributed by atoms with Gasteiger partial charge >= 0.3 is 0 Å². The molecule has 1 N–H and O–H groups in total. The van der Waals surface area contributed by atoms with Crippen molar-refractivity contribution < 1.29 is 9.59 Å². The number of fused-ring (bicyclic) bond motifs is 1. The molecular weight excluding hydrogens is 430 g/mol. The summed E-state index contributed by atoms with van der Waals surface area (Å²) in [5.41, 5.74) is 2.13. The van der Waals surface area contributed by atoms with Crippen LogP contribution in [0.4, 0.5) is 5.69 Å². The van der Waals surface area contributed by atoms with Gasteiger partial charge in [0, 0.05) is 29.6 Å². The summed E-state index contributed by atoms with van der Waals surface area (Å²) >= 11 is 2.76. The standard InChI is InChI=1S/C23H27N3O3S2/c1-5-6-7-8-19(28)24-17-11-9-16(10-12-17)18(27)13-30-23-25-21-20(22(29)26(23)4)14(2)15(3)31-21/h9-12H,5-8,13H2,1-4H3,(H,24,28). The fourth-order valence-corrected chi connectivity index (χ4v) is 5.13. The molecule has 0 aliphatic carbocycles. The van der Waals surface area contributed by atoms with E-state index < -0.39 is 0 Å². The molecule has 1 aromatic carbocycles. The molecule has 0 bridgehead atoms. The van der Waals surface area contributed by atoms with E-state index in [9.17, 15) is 14.4 Å². The summed E-state index contributed by atoms with van der Waals surface area (Å²) < 4.78 is 1.51. The summed E-state index contributed by atoms with van der Waals surface area (Å²) in [4.78, 5) is 43.7. The number of amides is 1. The number of Topliss-reactive ketones (excluding diaryl/α,β-unsaturated/α-hetero) is 1. The number of thioether (sulfide) groups is 1. The molecule has 0 unspecified atom stereocenters. The second-order valence-electron chi connectivity index (χ2n) is 7.52. The van der Waals surface area contributed by atoms with Crippen LogP contribution in [0.3, 0.4) is 0 Å². The van der Waals surface area contributed by atoms with Gasteiger partial charge in [0.15, 0.2) is 10.9 Å². The fraction of sp³-hybridized carbons (Fsp3) is 0.391. The predicted molar refractivity (Wildman–Crippen MR) is 129 cm³/mol. The van der Waals surface area contributed by atoms with Crippen LogP contribution in [0.25, 0.3) is 10.2 Å². The molecule has 3 rings (SSSR count). The zero-order valence-corrected chi connectivity index (χ0v) is 19.9. The van der Waals surface area contributed by atoms with Crippen molar-refractivity contribution in [3.63, 3.8) is 0 Å². The van der Waals surface area contributed by atoms with Crippen LogP contribution in [0.1, 0.15) is 53.4 Å². The van der Waals surface area contributed by atoms with Gasteiger partial charge in [0.05, 0.1) is 11.1 Å². The predicted octanol–water partition coefficient (Wildman–Crippen LogP) is 5.11. The maximum atomic E-state index is 12.7. The zero-order chi connectivity index (χ0) is 22.5. The lowest BCUT2D eigenvalue weighted by atomic mass is 10.1. The number of benzene rings is 1. The molecule has 31 heavy (non-hydrogen) atoms. The van der Waals surface area contributed by atoms with Crippen molar-refractivity contribution in [3.05, 3.63) is 50.6 Å². The molecule has 0 aliphatic rings. The second kappa shape index (κ2) is 10.2. The molecule has 0 atom stereocenters. The number of anilines is 1. The third-order valence-corrected chi connectivity index (χ3v) is 7.33. The van der Waals surface area contributed by atoms with Crippen LogP contribution in [-0.2, 0) is 11.8 Å². The lowest BCUT2D eigenvalue weighted by Gasteiger charge is -2.08. The summed E-state index contributed by atoms with van der Waals surface area (Å²) in [5, 5.41) is 4.05. The van der Waals surface area contributed by atoms with E-state index in [0.717, 1.165) is 29.7 Å². The van der Waals surface area contributed by atoms with Crippen LogP contribution in [0.2, 0.25) is 0 Å². The van der Waals surface area contributed by atoms with E-state index in [0.29, 0.717) is 33.0 Å². The van der Waals surface area contributed by atoms with E-state index >= 15 is 0 Å². The summed E-state index contributed by atoms with van der Waals surface area (Å²) in [6, 6.07) is 6.91. The van der Waals surface area contributed by atoms with Crippen LogP contribution < -0.4 is 10.9 Å². The number of unbranched alkanes of at least 4 members (excludes halogenated alkanes) is 2. The molecule has 6 nitrogen and oxygen atoms in total. The lowest BCUT2D eigenvalue weighted by Crippen LogP contribution is -2.20. The Morgan fingerprint density at radius 3 is 2.55 bits per heavy atom. The van der Waals surface area contributed by atoms with Crippen molar-refractivity contribution in [2.75, 3.05) is 11.1 Å². The van der Waals surface area contributed by atoms with Gasteiger partial charge in [0.2, 0.25) is 5.91 Å². The van der Waals surface area contributed by atoms with Gasteiger partial charge in [-0.3, -0.25) is 19.0 Å². The molecule has 0 aliphatic heterocycles. The van der Waals surface area contributed by atoms with Crippen LogP contribution in [0.15, 0.2) is 34.2 Å². The van der Waals surface area contributed by atoms with Gasteiger partial charge in [-0.1, -0.05) is 31.5 Å². The first-order valence-corrected chi connectivity index (χ1v) is 12.1. The van der Waals surface area contributed by atoms with E-state index in [2.05, 4.69) is 17.2 Å². The third kappa shape index (κ3) is 5.43. The van der Waals surface area contributed by atoms with Crippen molar-refractivity contribution >= 4 is 50.7 Å². The van der Waals surface area contributed by atoms with E-state index in [-0.39, 0.29) is 23.0 Å². The average molecular weight is 458 g/mol. The quantitative estimate of drug-likeness (QED) is 0.209. The Morgan fingerprint density at radius 2 is 1.87 bits per heavy atom. The van der Waals surface area contributed by atoms with Crippen LogP contribution in [-0.4, -0.2) is 27.0 Å². The molecule has 164 valence electrons. The normalized spacial score (nSPS) is 11.1. The number of hydrogen-bond donors (Lipinski definition) is 1. The third-order valence-electron chi connectivity index (χ3n) is 5.20. The molecule has 2 heterocycles. The van der Waals surface area contributed by atoms with Crippen LogP contribution in [0, 0.1) is 13.8 Å². The number of rotatable bonds is 9. The highest BCUT2D eigenvalue weighted by Crippen LogP contribution is 2.28. The number of thiophene rings is 1. The number of aryl methyl sites for hydroxylation is 2. The molecule has 0 fully saturated rings. The molecule has 0 radical (unpaired) electrons. The fourth-order valence-electron chi connectivity index (χ4n) is 3.20. The topological polar surface area (TPSA) is 81.1 Å². The number of hydrogen-bond acceptors (Lipinski definition) is 6. The van der Waals surface area contributed by atoms with Gasteiger partial charge in [-0.2, -0.15) is 0 Å². The summed E-state index contributed by atoms with van der Waals surface area (Å²) in [7, 11) is 1.69. The Hall–Kier alpha value is -2.45. The number of nitrogens with zero attached hydrogens (tertiary/aromatic N) is 2. The molecule has 2 aromatic heterocycles. The summed E-state index contributed by atoms with van der Waals surface area (Å²) in [5.74, 6) is 0.112. The number of carbonyl (C=O) groups excluding carboxylic acids is 2. The Labute approximate surface area is 190 Å². The summed E-state index contributed by atoms with van der Waals surface area (Å²) in [6.45, 7) is 6.02. The average Bonchev–Trinajstić information content (AvgIpc) is 3.03. The minimum atomic E-state index is -0.0826. The van der Waals surface area contributed by atoms with Gasteiger partial charge in [0.25, 0.3) is 5.56 Å². The first-order chi connectivity index (χ1) is 14.8. The highest BCUT2D eigenvalue weighted by Gasteiger charge is 2.16. The monoisotopic (exact) mass is 457 g/mol.